The lowest BCUT2D eigenvalue weighted by molar-refractivity contribution is 0.534. The molecule has 3 nitrogen and oxygen atoms in total. The lowest BCUT2D eigenvalue weighted by Gasteiger charge is -2.18. The second kappa shape index (κ2) is 22.1. The fourth-order valence-electron chi connectivity index (χ4n) is 4.77. The molecule has 2 aromatic rings. The number of nitriles is 1. The first kappa shape index (κ1) is 37.6. The van der Waals surface area contributed by atoms with E-state index in [9.17, 15) is 9.65 Å². The molecule has 3 rings (SSSR count). The Labute approximate surface area is 262 Å². The van der Waals surface area contributed by atoms with Gasteiger partial charge in [0.15, 0.2) is 0 Å². The van der Waals surface area contributed by atoms with Crippen LogP contribution in [0.5, 0.6) is 0 Å². The molecule has 0 radical (unpaired) electrons. The summed E-state index contributed by atoms with van der Waals surface area (Å²) in [4.78, 5) is 4.73. The van der Waals surface area contributed by atoms with Crippen LogP contribution in [-0.4, -0.2) is 11.5 Å². The zero-order chi connectivity index (χ0) is 32.0. The number of anilines is 1. The minimum Gasteiger partial charge on any atom is -0.370 e. The lowest BCUT2D eigenvalue weighted by Crippen LogP contribution is -2.10. The van der Waals surface area contributed by atoms with Crippen molar-refractivity contribution in [3.63, 3.8) is 0 Å². The first-order valence-electron chi connectivity index (χ1n) is 16.3. The quantitative estimate of drug-likeness (QED) is 0.177. The third kappa shape index (κ3) is 14.5. The van der Waals surface area contributed by atoms with Crippen molar-refractivity contribution in [2.45, 2.75) is 106 Å². The van der Waals surface area contributed by atoms with E-state index in [1.165, 1.54) is 50.2 Å². The van der Waals surface area contributed by atoms with Crippen molar-refractivity contribution >= 4 is 11.4 Å². The second-order valence-corrected chi connectivity index (χ2v) is 11.5. The number of allylic oxidation sites excluding steroid dienone is 6. The highest BCUT2D eigenvalue weighted by Gasteiger charge is 2.18. The molecule has 1 aliphatic carbocycles. The number of aryl methyl sites for hydroxylation is 1. The first-order valence-corrected chi connectivity index (χ1v) is 16.3. The molecule has 2 atom stereocenters. The fraction of sp³-hybridized carbons (Fsp3) is 0.487. The number of rotatable bonds is 14. The standard InChI is InChI=1S/C22H22FN3.C12H24.C5H10/c1-15-5-3-8-19(20(15)14-24)21-10-9-16(2)22(26-21)25-12-11-17-6-4-7-18(23)13-17;1-5-7-8-9-10-12(4)11(3)6-2;1-3-5-4-2/h3-4,6-10,13,15H,5,11-12H2,1-2H3,(H,25,26);12H,3,5-10H2,1-2,4H3;3H,1,4-5H2,2H3. The minimum absolute atomic E-state index is 0.215. The van der Waals surface area contributed by atoms with Crippen LogP contribution in [-0.2, 0) is 6.42 Å². The van der Waals surface area contributed by atoms with Crippen molar-refractivity contribution in [3.05, 3.63) is 102 Å². The van der Waals surface area contributed by atoms with Crippen molar-refractivity contribution < 1.29 is 4.39 Å². The summed E-state index contributed by atoms with van der Waals surface area (Å²) in [6, 6.07) is 13.0. The molecule has 4 heteroatoms. The van der Waals surface area contributed by atoms with Gasteiger partial charge in [0.1, 0.15) is 11.6 Å². The van der Waals surface area contributed by atoms with Crippen molar-refractivity contribution in [2.75, 3.05) is 11.9 Å². The van der Waals surface area contributed by atoms with Gasteiger partial charge in [-0.05, 0) is 80.2 Å². The largest absolute Gasteiger partial charge is 0.370 e. The topological polar surface area (TPSA) is 48.7 Å². The van der Waals surface area contributed by atoms with Crippen molar-refractivity contribution in [2.24, 2.45) is 11.8 Å². The second-order valence-electron chi connectivity index (χ2n) is 11.5. The van der Waals surface area contributed by atoms with Crippen LogP contribution in [0.1, 0.15) is 109 Å². The predicted molar refractivity (Wildman–Crippen MR) is 185 cm³/mol. The van der Waals surface area contributed by atoms with E-state index in [0.717, 1.165) is 59.0 Å². The monoisotopic (exact) mass is 585 g/mol. The van der Waals surface area contributed by atoms with E-state index in [4.69, 9.17) is 4.98 Å². The molecule has 1 aromatic heterocycles. The van der Waals surface area contributed by atoms with E-state index in [1.807, 2.05) is 37.3 Å². The van der Waals surface area contributed by atoms with E-state index in [0.29, 0.717) is 13.0 Å². The summed E-state index contributed by atoms with van der Waals surface area (Å²) >= 11 is 0. The Morgan fingerprint density at radius 2 is 1.93 bits per heavy atom. The summed E-state index contributed by atoms with van der Waals surface area (Å²) in [7, 11) is 0. The van der Waals surface area contributed by atoms with E-state index in [-0.39, 0.29) is 11.7 Å². The van der Waals surface area contributed by atoms with Crippen LogP contribution in [0, 0.1) is 35.9 Å². The lowest BCUT2D eigenvalue weighted by atomic mass is 9.87. The smallest absolute Gasteiger partial charge is 0.129 e. The Hall–Kier alpha value is -3.45. The highest BCUT2D eigenvalue weighted by molar-refractivity contribution is 5.79. The molecular weight excluding hydrogens is 529 g/mol. The van der Waals surface area contributed by atoms with Gasteiger partial charge in [-0.15, -0.1) is 6.58 Å². The molecule has 2 unspecified atom stereocenters. The number of benzene rings is 1. The summed E-state index contributed by atoms with van der Waals surface area (Å²) in [5.74, 6) is 1.54. The van der Waals surface area contributed by atoms with Gasteiger partial charge in [0.25, 0.3) is 0 Å². The third-order valence-electron chi connectivity index (χ3n) is 7.78. The average Bonchev–Trinajstić information content (AvgIpc) is 3.00. The normalized spacial score (nSPS) is 14.4. The molecule has 0 saturated heterocycles. The molecule has 1 aliphatic rings. The maximum atomic E-state index is 13.3. The number of hydrogen-bond acceptors (Lipinski definition) is 3. The maximum absolute atomic E-state index is 13.3. The Morgan fingerprint density at radius 3 is 2.53 bits per heavy atom. The molecule has 0 spiro atoms. The molecule has 1 heterocycles. The van der Waals surface area contributed by atoms with Crippen LogP contribution in [0.15, 0.2) is 78.9 Å². The predicted octanol–water partition coefficient (Wildman–Crippen LogP) is 11.6. The molecule has 43 heavy (non-hydrogen) atoms. The van der Waals surface area contributed by atoms with Gasteiger partial charge in [-0.2, -0.15) is 5.26 Å². The van der Waals surface area contributed by atoms with Gasteiger partial charge in [-0.3, -0.25) is 0 Å². The van der Waals surface area contributed by atoms with Crippen LogP contribution < -0.4 is 5.32 Å². The summed E-state index contributed by atoms with van der Waals surface area (Å²) in [6.07, 6.45) is 18.0. The zero-order valence-electron chi connectivity index (χ0n) is 27.8. The highest BCUT2D eigenvalue weighted by Crippen LogP contribution is 2.31. The summed E-state index contributed by atoms with van der Waals surface area (Å²) in [5, 5.41) is 12.8. The van der Waals surface area contributed by atoms with Gasteiger partial charge in [0.05, 0.1) is 11.8 Å². The molecule has 0 bridgehead atoms. The number of unbranched alkanes of at least 4 members (excludes halogenated alkanes) is 4. The van der Waals surface area contributed by atoms with Gasteiger partial charge < -0.3 is 5.32 Å². The van der Waals surface area contributed by atoms with Crippen LogP contribution in [0.25, 0.3) is 5.57 Å². The van der Waals surface area contributed by atoms with Crippen molar-refractivity contribution in [1.82, 2.24) is 4.98 Å². The Kier molecular flexibility index (Phi) is 19.3. The number of aromatic nitrogens is 1. The molecule has 0 aliphatic heterocycles. The molecule has 0 saturated carbocycles. The Bertz CT molecular complexity index is 1220. The number of pyridine rings is 1. The van der Waals surface area contributed by atoms with Crippen LogP contribution in [0.3, 0.4) is 0 Å². The van der Waals surface area contributed by atoms with Gasteiger partial charge >= 0.3 is 0 Å². The SMILES string of the molecule is C=C(CC)C(C)CCCCCC.C=CCCC.Cc1ccc(C2=C(C#N)C(C)CC=C2)nc1NCCc1cccc(F)c1. The average molecular weight is 586 g/mol. The first-order chi connectivity index (χ1) is 20.7. The van der Waals surface area contributed by atoms with Crippen molar-refractivity contribution in [1.29, 1.82) is 5.26 Å². The molecule has 0 amide bonds. The van der Waals surface area contributed by atoms with Crippen molar-refractivity contribution in [3.8, 4) is 6.07 Å². The molecular formula is C39H56FN3. The third-order valence-corrected chi connectivity index (χ3v) is 7.78. The fourth-order valence-corrected chi connectivity index (χ4v) is 4.77. The van der Waals surface area contributed by atoms with Gasteiger partial charge in [-0.1, -0.05) is 115 Å². The number of nitrogens with zero attached hydrogens (tertiary/aromatic N) is 2. The number of nitrogens with one attached hydrogen (secondary N) is 1. The molecule has 234 valence electrons. The van der Waals surface area contributed by atoms with Crippen LogP contribution in [0.4, 0.5) is 10.2 Å². The molecule has 1 N–H and O–H groups in total. The zero-order valence-corrected chi connectivity index (χ0v) is 27.8. The van der Waals surface area contributed by atoms with Gasteiger partial charge in [-0.25, -0.2) is 9.37 Å². The maximum Gasteiger partial charge on any atom is 0.129 e. The number of halogens is 1. The van der Waals surface area contributed by atoms with E-state index in [1.54, 1.807) is 12.1 Å². The Balaban J connectivity index is 0.000000453. The summed E-state index contributed by atoms with van der Waals surface area (Å²) in [5.41, 5.74) is 5.91. The summed E-state index contributed by atoms with van der Waals surface area (Å²) in [6.45, 7) is 21.3. The highest BCUT2D eigenvalue weighted by atomic mass is 19.1. The van der Waals surface area contributed by atoms with Crippen LogP contribution in [0.2, 0.25) is 0 Å². The molecule has 1 aromatic carbocycles. The van der Waals surface area contributed by atoms with E-state index in [2.05, 4.69) is 65.2 Å². The Morgan fingerprint density at radius 1 is 1.16 bits per heavy atom. The van der Waals surface area contributed by atoms with E-state index >= 15 is 0 Å². The van der Waals surface area contributed by atoms with Gasteiger partial charge in [0.2, 0.25) is 0 Å². The molecule has 0 fully saturated rings. The van der Waals surface area contributed by atoms with E-state index < -0.39 is 0 Å². The van der Waals surface area contributed by atoms with Crippen LogP contribution >= 0.6 is 0 Å². The summed E-state index contributed by atoms with van der Waals surface area (Å²) < 4.78 is 13.3. The minimum atomic E-state index is -0.215. The van der Waals surface area contributed by atoms with Gasteiger partial charge in [0, 0.05) is 17.7 Å². The number of hydrogen-bond donors (Lipinski definition) is 1.